The molecule has 1 N–H and O–H groups in total. The van der Waals surface area contributed by atoms with Gasteiger partial charge in [0.05, 0.1) is 11.1 Å². The zero-order valence-corrected chi connectivity index (χ0v) is 17.5. The van der Waals surface area contributed by atoms with Gasteiger partial charge in [0.25, 0.3) is 5.56 Å². The molecule has 0 radical (unpaired) electrons. The Bertz CT molecular complexity index is 1260. The second-order valence-electron chi connectivity index (χ2n) is 6.51. The number of fused-ring (bicyclic) bond motifs is 1. The summed E-state index contributed by atoms with van der Waals surface area (Å²) in [5.74, 6) is 0.609. The van der Waals surface area contributed by atoms with Crippen LogP contribution in [-0.4, -0.2) is 35.9 Å². The molecule has 0 saturated heterocycles. The maximum Gasteiger partial charge on any atom is 0.406 e. The number of halogens is 3. The van der Waals surface area contributed by atoms with E-state index in [0.717, 1.165) is 26.8 Å². The molecule has 0 fully saturated rings. The van der Waals surface area contributed by atoms with E-state index in [0.29, 0.717) is 21.6 Å². The Hall–Kier alpha value is -2.73. The van der Waals surface area contributed by atoms with Gasteiger partial charge in [-0.2, -0.15) is 13.2 Å². The fraction of sp³-hybridized carbons (Fsp3) is 0.278. The van der Waals surface area contributed by atoms with Crippen molar-refractivity contribution in [1.82, 2.24) is 29.7 Å². The van der Waals surface area contributed by atoms with Crippen LogP contribution in [0.15, 0.2) is 34.5 Å². The Morgan fingerprint density at radius 3 is 2.63 bits per heavy atom. The fourth-order valence-electron chi connectivity index (χ4n) is 2.93. The topological polar surface area (TPSA) is 89.3 Å². The lowest BCUT2D eigenvalue weighted by molar-refractivity contribution is -0.141. The second kappa shape index (κ2) is 7.84. The van der Waals surface area contributed by atoms with Crippen LogP contribution in [0.3, 0.4) is 0 Å². The van der Waals surface area contributed by atoms with Gasteiger partial charge in [0, 0.05) is 22.8 Å². The monoisotopic (exact) mass is 452 g/mol. The van der Waals surface area contributed by atoms with Gasteiger partial charge in [-0.25, -0.2) is 4.98 Å². The highest BCUT2D eigenvalue weighted by Crippen LogP contribution is 2.30. The van der Waals surface area contributed by atoms with E-state index >= 15 is 0 Å². The summed E-state index contributed by atoms with van der Waals surface area (Å²) in [7, 11) is 0. The summed E-state index contributed by atoms with van der Waals surface area (Å²) >= 11 is 2.44. The zero-order chi connectivity index (χ0) is 21.5. The zero-order valence-electron chi connectivity index (χ0n) is 15.8. The van der Waals surface area contributed by atoms with Gasteiger partial charge < -0.3 is 4.98 Å². The summed E-state index contributed by atoms with van der Waals surface area (Å²) in [6.07, 6.45) is -1.50. The number of alkyl halides is 3. The Labute approximate surface area is 176 Å². The SMILES string of the molecule is Cc1sc2nc(CSc3nnc(-c4ccncc4)n3CC(F)(F)F)[nH]c(=O)c2c1C. The minimum Gasteiger partial charge on any atom is -0.309 e. The Morgan fingerprint density at radius 2 is 1.93 bits per heavy atom. The minimum atomic E-state index is -4.45. The smallest absolute Gasteiger partial charge is 0.309 e. The minimum absolute atomic E-state index is 0.0837. The van der Waals surface area contributed by atoms with Gasteiger partial charge in [0.1, 0.15) is 17.2 Å². The molecular formula is C18H15F3N6OS2. The molecule has 12 heteroatoms. The van der Waals surface area contributed by atoms with Crippen molar-refractivity contribution < 1.29 is 13.2 Å². The number of nitrogens with zero attached hydrogens (tertiary/aromatic N) is 5. The van der Waals surface area contributed by atoms with Gasteiger partial charge >= 0.3 is 6.18 Å². The summed E-state index contributed by atoms with van der Waals surface area (Å²) < 4.78 is 40.5. The molecule has 0 aliphatic rings. The number of thiophene rings is 1. The van der Waals surface area contributed by atoms with Crippen molar-refractivity contribution in [3.05, 3.63) is 51.1 Å². The van der Waals surface area contributed by atoms with Crippen molar-refractivity contribution in [3.63, 3.8) is 0 Å². The highest BCUT2D eigenvalue weighted by Gasteiger charge is 2.31. The van der Waals surface area contributed by atoms with Crippen LogP contribution in [-0.2, 0) is 12.3 Å². The Kier molecular flexibility index (Phi) is 5.36. The lowest BCUT2D eigenvalue weighted by Gasteiger charge is -2.12. The van der Waals surface area contributed by atoms with E-state index < -0.39 is 12.7 Å². The molecule has 0 amide bonds. The van der Waals surface area contributed by atoms with Crippen LogP contribution in [0, 0.1) is 13.8 Å². The van der Waals surface area contributed by atoms with Gasteiger partial charge in [0.2, 0.25) is 0 Å². The van der Waals surface area contributed by atoms with E-state index in [1.165, 1.54) is 23.7 Å². The third-order valence-electron chi connectivity index (χ3n) is 4.42. The number of aryl methyl sites for hydroxylation is 2. The van der Waals surface area contributed by atoms with Gasteiger partial charge in [-0.1, -0.05) is 11.8 Å². The van der Waals surface area contributed by atoms with Crippen LogP contribution in [0.2, 0.25) is 0 Å². The van der Waals surface area contributed by atoms with Gasteiger partial charge in [-0.15, -0.1) is 21.5 Å². The number of pyridine rings is 1. The Balaban J connectivity index is 1.66. The van der Waals surface area contributed by atoms with Crippen LogP contribution in [0.25, 0.3) is 21.6 Å². The first-order valence-corrected chi connectivity index (χ1v) is 10.5. The number of aromatic amines is 1. The van der Waals surface area contributed by atoms with Crippen LogP contribution >= 0.6 is 23.1 Å². The molecule has 4 aromatic rings. The highest BCUT2D eigenvalue weighted by atomic mass is 32.2. The maximum absolute atomic E-state index is 13.2. The predicted molar refractivity (Wildman–Crippen MR) is 109 cm³/mol. The number of aromatic nitrogens is 6. The van der Waals surface area contributed by atoms with E-state index in [9.17, 15) is 18.0 Å². The van der Waals surface area contributed by atoms with Gasteiger partial charge in [-0.05, 0) is 31.5 Å². The Morgan fingerprint density at radius 1 is 1.20 bits per heavy atom. The molecule has 4 aromatic heterocycles. The molecule has 0 bridgehead atoms. The van der Waals surface area contributed by atoms with Crippen LogP contribution < -0.4 is 5.56 Å². The molecule has 0 atom stereocenters. The summed E-state index contributed by atoms with van der Waals surface area (Å²) in [5.41, 5.74) is 1.10. The third-order valence-corrected chi connectivity index (χ3v) is 6.50. The van der Waals surface area contributed by atoms with Crippen molar-refractivity contribution in [1.29, 1.82) is 0 Å². The standard InChI is InChI=1S/C18H15F3N6OS2/c1-9-10(2)30-16-13(9)15(28)23-12(24-16)7-29-17-26-25-14(11-3-5-22-6-4-11)27(17)8-18(19,20)21/h3-6H,7-8H2,1-2H3,(H,23,24,28). The third kappa shape index (κ3) is 4.10. The van der Waals surface area contributed by atoms with Crippen molar-refractivity contribution >= 4 is 33.3 Å². The van der Waals surface area contributed by atoms with Crippen LogP contribution in [0.5, 0.6) is 0 Å². The van der Waals surface area contributed by atoms with Crippen molar-refractivity contribution in [2.45, 2.75) is 37.5 Å². The van der Waals surface area contributed by atoms with E-state index in [-0.39, 0.29) is 22.3 Å². The first-order valence-electron chi connectivity index (χ1n) is 8.75. The second-order valence-corrected chi connectivity index (χ2v) is 8.65. The van der Waals surface area contributed by atoms with Crippen molar-refractivity contribution in [2.24, 2.45) is 0 Å². The van der Waals surface area contributed by atoms with E-state index in [2.05, 4.69) is 25.1 Å². The van der Waals surface area contributed by atoms with Crippen molar-refractivity contribution in [2.75, 3.05) is 0 Å². The highest BCUT2D eigenvalue weighted by molar-refractivity contribution is 7.98. The molecule has 4 heterocycles. The average molecular weight is 452 g/mol. The van der Waals surface area contributed by atoms with E-state index in [1.54, 1.807) is 12.1 Å². The number of hydrogen-bond donors (Lipinski definition) is 1. The lowest BCUT2D eigenvalue weighted by atomic mass is 10.2. The number of H-pyrrole nitrogens is 1. The summed E-state index contributed by atoms with van der Waals surface area (Å²) in [4.78, 5) is 25.1. The molecule has 30 heavy (non-hydrogen) atoms. The number of nitrogens with one attached hydrogen (secondary N) is 1. The molecule has 0 unspecified atom stereocenters. The summed E-state index contributed by atoms with van der Waals surface area (Å²) in [6.45, 7) is 2.54. The number of rotatable bonds is 5. The molecule has 0 aromatic carbocycles. The quantitative estimate of drug-likeness (QED) is 0.459. The number of hydrogen-bond acceptors (Lipinski definition) is 7. The number of thioether (sulfide) groups is 1. The average Bonchev–Trinajstić information content (AvgIpc) is 3.20. The predicted octanol–water partition coefficient (Wildman–Crippen LogP) is 4.11. The van der Waals surface area contributed by atoms with E-state index in [4.69, 9.17) is 0 Å². The first-order chi connectivity index (χ1) is 14.2. The van der Waals surface area contributed by atoms with Crippen molar-refractivity contribution in [3.8, 4) is 11.4 Å². The first kappa shape index (κ1) is 20.5. The van der Waals surface area contributed by atoms with Crippen LogP contribution in [0.1, 0.15) is 16.3 Å². The maximum atomic E-state index is 13.2. The summed E-state index contributed by atoms with van der Waals surface area (Å²) in [6, 6.07) is 3.14. The molecule has 0 aliphatic heterocycles. The van der Waals surface area contributed by atoms with Crippen LogP contribution in [0.4, 0.5) is 13.2 Å². The van der Waals surface area contributed by atoms with Gasteiger partial charge in [-0.3, -0.25) is 14.3 Å². The molecule has 7 nitrogen and oxygen atoms in total. The van der Waals surface area contributed by atoms with E-state index in [1.807, 2.05) is 13.8 Å². The largest absolute Gasteiger partial charge is 0.406 e. The molecular weight excluding hydrogens is 437 g/mol. The fourth-order valence-corrected chi connectivity index (χ4v) is 4.79. The summed E-state index contributed by atoms with van der Waals surface area (Å²) in [5, 5.41) is 8.50. The lowest BCUT2D eigenvalue weighted by Crippen LogP contribution is -2.19. The molecule has 0 aliphatic carbocycles. The van der Waals surface area contributed by atoms with Gasteiger partial charge in [0.15, 0.2) is 11.0 Å². The normalized spacial score (nSPS) is 12.0. The molecule has 4 rings (SSSR count). The molecule has 0 saturated carbocycles. The molecule has 0 spiro atoms. The molecule has 156 valence electrons.